The van der Waals surface area contributed by atoms with Crippen LogP contribution in [-0.2, 0) is 27.4 Å². The lowest BCUT2D eigenvalue weighted by Gasteiger charge is -2.42. The molecule has 2 atom stereocenters. The number of ether oxygens (including phenoxy) is 1. The molecule has 0 aliphatic carbocycles. The number of morpholine rings is 1. The zero-order valence-electron chi connectivity index (χ0n) is 16.0. The lowest BCUT2D eigenvalue weighted by Crippen LogP contribution is -2.56. The number of hydrogen-bond acceptors (Lipinski definition) is 4. The standard InChI is InChI=1S/C20H26N4O3/c1-4-23-12-15(11-22-23)10-21-20(26)19-18(16-8-6-5-7-9-16)24(14(2)3)17(25)13-27-19/h5-9,11-12,14,18-19H,4,10,13H2,1-3H3,(H,21,26). The Balaban J connectivity index is 1.80. The van der Waals surface area contributed by atoms with Crippen LogP contribution in [0.4, 0.5) is 0 Å². The van der Waals surface area contributed by atoms with E-state index in [0.717, 1.165) is 17.7 Å². The molecule has 0 radical (unpaired) electrons. The van der Waals surface area contributed by atoms with E-state index in [-0.39, 0.29) is 24.5 Å². The number of nitrogens with one attached hydrogen (secondary N) is 1. The van der Waals surface area contributed by atoms with Crippen molar-refractivity contribution in [1.82, 2.24) is 20.0 Å². The molecule has 2 aromatic rings. The van der Waals surface area contributed by atoms with Gasteiger partial charge >= 0.3 is 0 Å². The molecular weight excluding hydrogens is 344 g/mol. The minimum absolute atomic E-state index is 0.0373. The van der Waals surface area contributed by atoms with Crippen molar-refractivity contribution < 1.29 is 14.3 Å². The highest BCUT2D eigenvalue weighted by Gasteiger charge is 2.42. The Morgan fingerprint density at radius 1 is 1.33 bits per heavy atom. The average Bonchev–Trinajstić information content (AvgIpc) is 3.14. The van der Waals surface area contributed by atoms with Crippen molar-refractivity contribution in [3.8, 4) is 0 Å². The summed E-state index contributed by atoms with van der Waals surface area (Å²) in [4.78, 5) is 27.1. The molecular formula is C20H26N4O3. The van der Waals surface area contributed by atoms with E-state index < -0.39 is 12.1 Å². The topological polar surface area (TPSA) is 76.5 Å². The first-order chi connectivity index (χ1) is 13.0. The molecule has 1 fully saturated rings. The number of hydrogen-bond donors (Lipinski definition) is 1. The van der Waals surface area contributed by atoms with Crippen LogP contribution in [0.15, 0.2) is 42.7 Å². The fourth-order valence-corrected chi connectivity index (χ4v) is 3.40. The Labute approximate surface area is 159 Å². The van der Waals surface area contributed by atoms with Crippen molar-refractivity contribution in [3.05, 3.63) is 53.9 Å². The molecule has 2 amide bonds. The molecule has 1 N–H and O–H groups in total. The highest BCUT2D eigenvalue weighted by Crippen LogP contribution is 2.32. The van der Waals surface area contributed by atoms with Crippen LogP contribution in [0.25, 0.3) is 0 Å². The highest BCUT2D eigenvalue weighted by molar-refractivity contribution is 5.86. The number of aryl methyl sites for hydroxylation is 1. The third kappa shape index (κ3) is 4.19. The van der Waals surface area contributed by atoms with E-state index in [0.29, 0.717) is 6.54 Å². The Morgan fingerprint density at radius 3 is 2.70 bits per heavy atom. The molecule has 3 rings (SSSR count). The van der Waals surface area contributed by atoms with Gasteiger partial charge in [0.1, 0.15) is 6.61 Å². The van der Waals surface area contributed by atoms with Gasteiger partial charge in [-0.25, -0.2) is 0 Å². The van der Waals surface area contributed by atoms with Gasteiger partial charge in [-0.05, 0) is 26.3 Å². The van der Waals surface area contributed by atoms with E-state index in [1.807, 2.05) is 62.0 Å². The van der Waals surface area contributed by atoms with Crippen LogP contribution in [-0.4, -0.2) is 45.2 Å². The molecule has 0 bridgehead atoms. The van der Waals surface area contributed by atoms with E-state index >= 15 is 0 Å². The van der Waals surface area contributed by atoms with Gasteiger partial charge in [-0.2, -0.15) is 5.10 Å². The van der Waals surface area contributed by atoms with E-state index in [1.54, 1.807) is 11.1 Å². The first-order valence-corrected chi connectivity index (χ1v) is 9.28. The Kier molecular flexibility index (Phi) is 5.91. The van der Waals surface area contributed by atoms with Gasteiger partial charge < -0.3 is 15.0 Å². The van der Waals surface area contributed by atoms with Gasteiger partial charge in [-0.1, -0.05) is 30.3 Å². The maximum Gasteiger partial charge on any atom is 0.251 e. The van der Waals surface area contributed by atoms with Crippen molar-refractivity contribution in [1.29, 1.82) is 0 Å². The maximum atomic E-state index is 12.9. The van der Waals surface area contributed by atoms with Crippen LogP contribution in [0.2, 0.25) is 0 Å². The zero-order valence-corrected chi connectivity index (χ0v) is 16.0. The Morgan fingerprint density at radius 2 is 2.07 bits per heavy atom. The summed E-state index contributed by atoms with van der Waals surface area (Å²) in [6.07, 6.45) is 2.89. The number of carbonyl (C=O) groups is 2. The second kappa shape index (κ2) is 8.35. The van der Waals surface area contributed by atoms with Crippen LogP contribution in [0.1, 0.15) is 37.9 Å². The zero-order chi connectivity index (χ0) is 19.4. The van der Waals surface area contributed by atoms with Crippen molar-refractivity contribution >= 4 is 11.8 Å². The Hall–Kier alpha value is -2.67. The van der Waals surface area contributed by atoms with Crippen LogP contribution in [0.3, 0.4) is 0 Å². The van der Waals surface area contributed by atoms with Crippen molar-refractivity contribution in [2.45, 2.75) is 52.0 Å². The summed E-state index contributed by atoms with van der Waals surface area (Å²) in [5.41, 5.74) is 1.81. The maximum absolute atomic E-state index is 12.9. The summed E-state index contributed by atoms with van der Waals surface area (Å²) in [7, 11) is 0. The number of amides is 2. The Bertz CT molecular complexity index is 788. The smallest absolute Gasteiger partial charge is 0.251 e. The highest BCUT2D eigenvalue weighted by atomic mass is 16.5. The molecule has 1 aliphatic heterocycles. The minimum Gasteiger partial charge on any atom is -0.356 e. The van der Waals surface area contributed by atoms with Crippen molar-refractivity contribution in [2.24, 2.45) is 0 Å². The normalized spacial score (nSPS) is 20.1. The number of carbonyl (C=O) groups excluding carboxylic acids is 2. The third-order valence-electron chi connectivity index (χ3n) is 4.69. The molecule has 0 spiro atoms. The van der Waals surface area contributed by atoms with Crippen LogP contribution < -0.4 is 5.32 Å². The molecule has 1 aromatic heterocycles. The fraction of sp³-hybridized carbons (Fsp3) is 0.450. The van der Waals surface area contributed by atoms with E-state index in [9.17, 15) is 9.59 Å². The molecule has 7 heteroatoms. The summed E-state index contributed by atoms with van der Waals surface area (Å²) in [5.74, 6) is -0.335. The quantitative estimate of drug-likeness (QED) is 0.843. The molecule has 2 unspecified atom stereocenters. The van der Waals surface area contributed by atoms with Gasteiger partial charge in [0.2, 0.25) is 5.91 Å². The number of nitrogens with zero attached hydrogens (tertiary/aromatic N) is 3. The first kappa shape index (κ1) is 19.1. The van der Waals surface area contributed by atoms with Gasteiger partial charge in [-0.3, -0.25) is 14.3 Å². The van der Waals surface area contributed by atoms with Crippen molar-refractivity contribution in [2.75, 3.05) is 6.61 Å². The lowest BCUT2D eigenvalue weighted by molar-refractivity contribution is -0.167. The van der Waals surface area contributed by atoms with Gasteiger partial charge in [0.15, 0.2) is 6.10 Å². The third-order valence-corrected chi connectivity index (χ3v) is 4.69. The van der Waals surface area contributed by atoms with Gasteiger partial charge in [0.25, 0.3) is 5.91 Å². The number of benzene rings is 1. The predicted molar refractivity (Wildman–Crippen MR) is 101 cm³/mol. The summed E-state index contributed by atoms with van der Waals surface area (Å²) in [6.45, 7) is 6.97. The monoisotopic (exact) mass is 370 g/mol. The van der Waals surface area contributed by atoms with Gasteiger partial charge in [-0.15, -0.1) is 0 Å². The molecule has 144 valence electrons. The van der Waals surface area contributed by atoms with E-state index in [4.69, 9.17) is 4.74 Å². The summed E-state index contributed by atoms with van der Waals surface area (Å²) in [6, 6.07) is 9.08. The molecule has 27 heavy (non-hydrogen) atoms. The summed E-state index contributed by atoms with van der Waals surface area (Å²) < 4.78 is 7.50. The van der Waals surface area contributed by atoms with E-state index in [1.165, 1.54) is 0 Å². The molecule has 2 heterocycles. The molecule has 1 aromatic carbocycles. The lowest BCUT2D eigenvalue weighted by atomic mass is 9.95. The first-order valence-electron chi connectivity index (χ1n) is 9.28. The van der Waals surface area contributed by atoms with Gasteiger partial charge in [0, 0.05) is 30.9 Å². The molecule has 1 saturated heterocycles. The molecule has 0 saturated carbocycles. The second-order valence-corrected chi connectivity index (χ2v) is 6.90. The summed E-state index contributed by atoms with van der Waals surface area (Å²) >= 11 is 0. The van der Waals surface area contributed by atoms with Crippen LogP contribution in [0.5, 0.6) is 0 Å². The summed E-state index contributed by atoms with van der Waals surface area (Å²) in [5, 5.41) is 7.14. The average molecular weight is 370 g/mol. The molecule has 7 nitrogen and oxygen atoms in total. The molecule has 1 aliphatic rings. The van der Waals surface area contributed by atoms with Crippen LogP contribution >= 0.6 is 0 Å². The van der Waals surface area contributed by atoms with Crippen LogP contribution in [0, 0.1) is 0 Å². The van der Waals surface area contributed by atoms with Gasteiger partial charge in [0.05, 0.1) is 12.2 Å². The minimum atomic E-state index is -0.756. The fourth-order valence-electron chi connectivity index (χ4n) is 3.40. The number of aromatic nitrogens is 2. The van der Waals surface area contributed by atoms with E-state index in [2.05, 4.69) is 10.4 Å². The largest absolute Gasteiger partial charge is 0.356 e. The number of rotatable bonds is 6. The second-order valence-electron chi connectivity index (χ2n) is 6.90. The van der Waals surface area contributed by atoms with Crippen molar-refractivity contribution in [3.63, 3.8) is 0 Å². The SMILES string of the molecule is CCn1cc(CNC(=O)C2OCC(=O)N(C(C)C)C2c2ccccc2)cn1. The predicted octanol–water partition coefficient (Wildman–Crippen LogP) is 1.90.